The lowest BCUT2D eigenvalue weighted by Crippen LogP contribution is -2.33. The van der Waals surface area contributed by atoms with Gasteiger partial charge in [0.15, 0.2) is 0 Å². The van der Waals surface area contributed by atoms with Crippen molar-refractivity contribution in [2.75, 3.05) is 0 Å². The van der Waals surface area contributed by atoms with Crippen molar-refractivity contribution in [3.05, 3.63) is 34.3 Å². The number of carboxylic acid groups (broad SMARTS) is 1. The maximum Gasteiger partial charge on any atom is 0.352 e. The number of hydrogen-bond donors (Lipinski definition) is 2. The third kappa shape index (κ3) is 3.38. The average Bonchev–Trinajstić information content (AvgIpc) is 2.42. The second kappa shape index (κ2) is 5.92. The number of rotatable bonds is 4. The van der Waals surface area contributed by atoms with Gasteiger partial charge in [-0.15, -0.1) is 0 Å². The predicted octanol–water partition coefficient (Wildman–Crippen LogP) is 1.00. The Bertz CT molecular complexity index is 657. The van der Waals surface area contributed by atoms with Crippen LogP contribution in [0.25, 0.3) is 0 Å². The molecule has 0 saturated carbocycles. The van der Waals surface area contributed by atoms with Crippen LogP contribution in [0.5, 0.6) is 0 Å². The summed E-state index contributed by atoms with van der Waals surface area (Å²) in [6.45, 7) is 0.0352. The number of carbonyl (C=O) groups excluding carboxylic acids is 2. The fourth-order valence-electron chi connectivity index (χ4n) is 1.87. The largest absolute Gasteiger partial charge is 0.477 e. The van der Waals surface area contributed by atoms with Crippen LogP contribution in [0.1, 0.15) is 28.8 Å². The second-order valence-corrected chi connectivity index (χ2v) is 4.88. The number of benzene rings is 1. The number of primary amides is 1. The summed E-state index contributed by atoms with van der Waals surface area (Å²) in [6, 6.07) is 4.44. The molecule has 0 fully saturated rings. The maximum absolute atomic E-state index is 11.8. The van der Waals surface area contributed by atoms with Gasteiger partial charge >= 0.3 is 5.97 Å². The molecule has 0 radical (unpaired) electrons. The molecule has 2 rings (SSSR count). The molecule has 3 N–H and O–H groups in total. The summed E-state index contributed by atoms with van der Waals surface area (Å²) in [6.07, 6.45) is 0.196. The molecular weight excluding hydrogens is 298 g/mol. The lowest BCUT2D eigenvalue weighted by molar-refractivity contribution is -0.133. The van der Waals surface area contributed by atoms with Crippen molar-refractivity contribution >= 4 is 35.1 Å². The van der Waals surface area contributed by atoms with E-state index in [9.17, 15) is 14.4 Å². The van der Waals surface area contributed by atoms with Crippen molar-refractivity contribution < 1.29 is 19.5 Å². The van der Waals surface area contributed by atoms with E-state index < -0.39 is 11.9 Å². The molecule has 110 valence electrons. The SMILES string of the molecule is NC(=O)c1ccc(CN2N=C(C(=O)O)CCC2=O)c(Cl)c1. The van der Waals surface area contributed by atoms with E-state index >= 15 is 0 Å². The quantitative estimate of drug-likeness (QED) is 0.863. The summed E-state index contributed by atoms with van der Waals surface area (Å²) in [4.78, 5) is 33.7. The summed E-state index contributed by atoms with van der Waals surface area (Å²) < 4.78 is 0. The van der Waals surface area contributed by atoms with Gasteiger partial charge in [0, 0.05) is 23.4 Å². The van der Waals surface area contributed by atoms with Gasteiger partial charge in [0.05, 0.1) is 6.54 Å². The van der Waals surface area contributed by atoms with E-state index in [4.69, 9.17) is 22.4 Å². The molecule has 0 bridgehead atoms. The molecule has 1 aromatic carbocycles. The molecule has 0 atom stereocenters. The minimum absolute atomic E-state index is 0.0352. The number of carboxylic acids is 1. The van der Waals surface area contributed by atoms with Gasteiger partial charge in [-0.25, -0.2) is 9.80 Å². The van der Waals surface area contributed by atoms with Crippen molar-refractivity contribution in [3.63, 3.8) is 0 Å². The van der Waals surface area contributed by atoms with E-state index in [0.717, 1.165) is 5.01 Å². The number of carbonyl (C=O) groups is 3. The van der Waals surface area contributed by atoms with E-state index in [1.807, 2.05) is 0 Å². The van der Waals surface area contributed by atoms with E-state index in [2.05, 4.69) is 5.10 Å². The molecule has 1 aliphatic heterocycles. The normalized spacial score (nSPS) is 14.8. The Morgan fingerprint density at radius 1 is 1.38 bits per heavy atom. The van der Waals surface area contributed by atoms with Gasteiger partial charge in [-0.1, -0.05) is 17.7 Å². The Kier molecular flexibility index (Phi) is 4.23. The number of nitrogens with zero attached hydrogens (tertiary/aromatic N) is 2. The summed E-state index contributed by atoms with van der Waals surface area (Å²) in [7, 11) is 0. The van der Waals surface area contributed by atoms with E-state index in [-0.39, 0.29) is 41.6 Å². The average molecular weight is 310 g/mol. The Morgan fingerprint density at radius 2 is 2.10 bits per heavy atom. The Morgan fingerprint density at radius 3 is 2.67 bits per heavy atom. The van der Waals surface area contributed by atoms with Gasteiger partial charge in [-0.05, 0) is 17.7 Å². The van der Waals surface area contributed by atoms with Crippen molar-refractivity contribution in [2.24, 2.45) is 10.8 Å². The van der Waals surface area contributed by atoms with Crippen molar-refractivity contribution in [3.8, 4) is 0 Å². The van der Waals surface area contributed by atoms with Crippen LogP contribution in [-0.4, -0.2) is 33.6 Å². The number of aliphatic carboxylic acids is 1. The van der Waals surface area contributed by atoms with Gasteiger partial charge in [0.25, 0.3) is 0 Å². The number of hydrogen-bond acceptors (Lipinski definition) is 4. The molecule has 8 heteroatoms. The van der Waals surface area contributed by atoms with Gasteiger partial charge < -0.3 is 10.8 Å². The van der Waals surface area contributed by atoms with Crippen LogP contribution in [0.2, 0.25) is 5.02 Å². The molecule has 7 nitrogen and oxygen atoms in total. The third-order valence-electron chi connectivity index (χ3n) is 3.01. The van der Waals surface area contributed by atoms with Gasteiger partial charge in [0.1, 0.15) is 5.71 Å². The number of halogens is 1. The molecule has 0 spiro atoms. The van der Waals surface area contributed by atoms with Crippen molar-refractivity contribution in [1.82, 2.24) is 5.01 Å². The number of hydrazone groups is 1. The van der Waals surface area contributed by atoms with Crippen LogP contribution in [0.4, 0.5) is 0 Å². The van der Waals surface area contributed by atoms with Crippen LogP contribution in [-0.2, 0) is 16.1 Å². The van der Waals surface area contributed by atoms with Crippen LogP contribution >= 0.6 is 11.6 Å². The smallest absolute Gasteiger partial charge is 0.352 e. The fraction of sp³-hybridized carbons (Fsp3) is 0.231. The zero-order valence-electron chi connectivity index (χ0n) is 10.9. The van der Waals surface area contributed by atoms with E-state index in [1.54, 1.807) is 6.07 Å². The molecule has 0 aliphatic carbocycles. The molecule has 1 aromatic rings. The molecule has 2 amide bonds. The van der Waals surface area contributed by atoms with Crippen molar-refractivity contribution in [2.45, 2.75) is 19.4 Å². The molecule has 0 aromatic heterocycles. The van der Waals surface area contributed by atoms with E-state index in [0.29, 0.717) is 5.56 Å². The monoisotopic (exact) mass is 309 g/mol. The van der Waals surface area contributed by atoms with Crippen LogP contribution < -0.4 is 5.73 Å². The predicted molar refractivity (Wildman–Crippen MR) is 74.8 cm³/mol. The molecule has 1 aliphatic rings. The highest BCUT2D eigenvalue weighted by molar-refractivity contribution is 6.36. The lowest BCUT2D eigenvalue weighted by atomic mass is 10.1. The highest BCUT2D eigenvalue weighted by Gasteiger charge is 2.24. The number of nitrogens with two attached hydrogens (primary N) is 1. The maximum atomic E-state index is 11.8. The first-order chi connectivity index (χ1) is 9.88. The zero-order chi connectivity index (χ0) is 15.6. The highest BCUT2D eigenvalue weighted by Crippen LogP contribution is 2.21. The molecule has 0 saturated heterocycles. The van der Waals surface area contributed by atoms with Crippen molar-refractivity contribution in [1.29, 1.82) is 0 Å². The summed E-state index contributed by atoms with van der Waals surface area (Å²) in [5.41, 5.74) is 5.87. The molecular formula is C13H12ClN3O4. The van der Waals surface area contributed by atoms with Gasteiger partial charge in [0.2, 0.25) is 11.8 Å². The topological polar surface area (TPSA) is 113 Å². The summed E-state index contributed by atoms with van der Waals surface area (Å²) in [5.74, 6) is -2.04. The first-order valence-electron chi connectivity index (χ1n) is 6.08. The second-order valence-electron chi connectivity index (χ2n) is 4.47. The first-order valence-corrected chi connectivity index (χ1v) is 6.45. The summed E-state index contributed by atoms with van der Waals surface area (Å²) in [5, 5.41) is 14.0. The first kappa shape index (κ1) is 15.0. The van der Waals surface area contributed by atoms with Gasteiger partial charge in [-0.3, -0.25) is 9.59 Å². The van der Waals surface area contributed by atoms with Crippen LogP contribution in [0.3, 0.4) is 0 Å². The number of amides is 2. The lowest BCUT2D eigenvalue weighted by Gasteiger charge is -2.22. The minimum Gasteiger partial charge on any atom is -0.477 e. The van der Waals surface area contributed by atoms with Gasteiger partial charge in [-0.2, -0.15) is 5.10 Å². The standard InChI is InChI=1S/C13H12ClN3O4/c14-9-5-7(12(15)19)1-2-8(9)6-17-11(18)4-3-10(16-17)13(20)21/h1-2,5H,3-4,6H2,(H2,15,19)(H,20,21). The fourth-order valence-corrected chi connectivity index (χ4v) is 2.11. The van der Waals surface area contributed by atoms with E-state index in [1.165, 1.54) is 12.1 Å². The molecule has 0 unspecified atom stereocenters. The summed E-state index contributed by atoms with van der Waals surface area (Å²) >= 11 is 6.03. The minimum atomic E-state index is -1.15. The highest BCUT2D eigenvalue weighted by atomic mass is 35.5. The Labute approximate surface area is 125 Å². The molecule has 1 heterocycles. The molecule has 21 heavy (non-hydrogen) atoms. The van der Waals surface area contributed by atoms with Crippen LogP contribution in [0, 0.1) is 0 Å². The van der Waals surface area contributed by atoms with Crippen LogP contribution in [0.15, 0.2) is 23.3 Å². The third-order valence-corrected chi connectivity index (χ3v) is 3.36. The Hall–Kier alpha value is -2.41. The Balaban J connectivity index is 2.24. The zero-order valence-corrected chi connectivity index (χ0v) is 11.6.